The third-order valence-corrected chi connectivity index (χ3v) is 4.25. The number of halogens is 2. The maximum absolute atomic E-state index is 13.9. The molecule has 0 amide bonds. The fraction of sp³-hybridized carbons (Fsp3) is 0.600. The second-order valence-electron chi connectivity index (χ2n) is 5.21. The normalized spacial score (nSPS) is 20.7. The summed E-state index contributed by atoms with van der Waals surface area (Å²) in [6, 6.07) is 5.47. The van der Waals surface area contributed by atoms with Crippen molar-refractivity contribution in [3.63, 3.8) is 0 Å². The number of likely N-dealkylation sites (tertiary alicyclic amines) is 1. The Labute approximate surface area is 119 Å². The SMILES string of the molecule is CNCCC1CCCCN1Cc1c(F)cccc1Cl. The van der Waals surface area contributed by atoms with Crippen molar-refractivity contribution in [1.29, 1.82) is 0 Å². The average Bonchev–Trinajstić information content (AvgIpc) is 2.42. The minimum absolute atomic E-state index is 0.189. The minimum Gasteiger partial charge on any atom is -0.320 e. The van der Waals surface area contributed by atoms with Crippen LogP contribution in [-0.4, -0.2) is 31.1 Å². The molecule has 1 atom stereocenters. The maximum atomic E-state index is 13.9. The number of nitrogens with one attached hydrogen (secondary N) is 1. The van der Waals surface area contributed by atoms with Crippen molar-refractivity contribution >= 4 is 11.6 Å². The summed E-state index contributed by atoms with van der Waals surface area (Å²) < 4.78 is 13.9. The fourth-order valence-corrected chi connectivity index (χ4v) is 3.02. The summed E-state index contributed by atoms with van der Waals surface area (Å²) in [5.41, 5.74) is 0.639. The zero-order valence-electron chi connectivity index (χ0n) is 11.5. The van der Waals surface area contributed by atoms with Gasteiger partial charge in [0.2, 0.25) is 0 Å². The van der Waals surface area contributed by atoms with Crippen molar-refractivity contribution in [1.82, 2.24) is 10.2 Å². The van der Waals surface area contributed by atoms with E-state index in [1.54, 1.807) is 12.1 Å². The van der Waals surface area contributed by atoms with Crippen molar-refractivity contribution in [3.05, 3.63) is 34.6 Å². The molecule has 106 valence electrons. The molecule has 1 unspecified atom stereocenters. The Morgan fingerprint density at radius 1 is 1.42 bits per heavy atom. The van der Waals surface area contributed by atoms with Gasteiger partial charge in [0.25, 0.3) is 0 Å². The molecule has 19 heavy (non-hydrogen) atoms. The van der Waals surface area contributed by atoms with Crippen LogP contribution in [0.4, 0.5) is 4.39 Å². The summed E-state index contributed by atoms with van der Waals surface area (Å²) in [6.07, 6.45) is 4.79. The second-order valence-corrected chi connectivity index (χ2v) is 5.62. The lowest BCUT2D eigenvalue weighted by atomic mass is 9.98. The van der Waals surface area contributed by atoms with E-state index in [1.165, 1.54) is 25.3 Å². The molecule has 2 rings (SSSR count). The lowest BCUT2D eigenvalue weighted by Gasteiger charge is -2.36. The van der Waals surface area contributed by atoms with Crippen molar-refractivity contribution in [3.8, 4) is 0 Å². The van der Waals surface area contributed by atoms with Crippen LogP contribution in [0.15, 0.2) is 18.2 Å². The Kier molecular flexibility index (Phi) is 5.61. The van der Waals surface area contributed by atoms with E-state index in [0.717, 1.165) is 19.5 Å². The second kappa shape index (κ2) is 7.22. The first-order valence-corrected chi connectivity index (χ1v) is 7.41. The van der Waals surface area contributed by atoms with Gasteiger partial charge in [0.15, 0.2) is 0 Å². The van der Waals surface area contributed by atoms with E-state index in [4.69, 9.17) is 11.6 Å². The van der Waals surface area contributed by atoms with Crippen LogP contribution in [0.2, 0.25) is 5.02 Å². The van der Waals surface area contributed by atoms with Crippen LogP contribution in [0.3, 0.4) is 0 Å². The molecular formula is C15H22ClFN2. The maximum Gasteiger partial charge on any atom is 0.129 e. The van der Waals surface area contributed by atoms with Gasteiger partial charge in [-0.1, -0.05) is 24.1 Å². The number of nitrogens with zero attached hydrogens (tertiary/aromatic N) is 1. The van der Waals surface area contributed by atoms with Crippen LogP contribution in [0.5, 0.6) is 0 Å². The van der Waals surface area contributed by atoms with E-state index < -0.39 is 0 Å². The predicted octanol–water partition coefficient (Wildman–Crippen LogP) is 3.44. The first-order chi connectivity index (χ1) is 9.22. The molecule has 4 heteroatoms. The molecule has 0 saturated carbocycles. The van der Waals surface area contributed by atoms with Gasteiger partial charge in [-0.3, -0.25) is 4.90 Å². The third-order valence-electron chi connectivity index (χ3n) is 3.90. The molecule has 1 aromatic carbocycles. The summed E-state index contributed by atoms with van der Waals surface area (Å²) >= 11 is 6.12. The molecule has 1 heterocycles. The van der Waals surface area contributed by atoms with Crippen molar-refractivity contribution in [2.24, 2.45) is 0 Å². The Morgan fingerprint density at radius 2 is 2.26 bits per heavy atom. The van der Waals surface area contributed by atoms with E-state index in [9.17, 15) is 4.39 Å². The summed E-state index contributed by atoms with van der Waals surface area (Å²) in [5.74, 6) is -0.189. The van der Waals surface area contributed by atoms with Gasteiger partial charge in [-0.15, -0.1) is 0 Å². The van der Waals surface area contributed by atoms with Crippen LogP contribution in [0.25, 0.3) is 0 Å². The molecule has 1 fully saturated rings. The van der Waals surface area contributed by atoms with Crippen LogP contribution in [-0.2, 0) is 6.54 Å². The van der Waals surface area contributed by atoms with E-state index in [-0.39, 0.29) is 5.82 Å². The van der Waals surface area contributed by atoms with Crippen molar-refractivity contribution < 1.29 is 4.39 Å². The number of hydrogen-bond acceptors (Lipinski definition) is 2. The zero-order valence-corrected chi connectivity index (χ0v) is 12.2. The van der Waals surface area contributed by atoms with Gasteiger partial charge in [-0.25, -0.2) is 4.39 Å². The number of rotatable bonds is 5. The monoisotopic (exact) mass is 284 g/mol. The lowest BCUT2D eigenvalue weighted by molar-refractivity contribution is 0.131. The third kappa shape index (κ3) is 3.91. The molecule has 1 saturated heterocycles. The average molecular weight is 285 g/mol. The molecular weight excluding hydrogens is 263 g/mol. The van der Waals surface area contributed by atoms with Crippen LogP contribution >= 0.6 is 11.6 Å². The topological polar surface area (TPSA) is 15.3 Å². The van der Waals surface area contributed by atoms with Gasteiger partial charge >= 0.3 is 0 Å². The largest absolute Gasteiger partial charge is 0.320 e. The molecule has 0 aliphatic carbocycles. The van der Waals surface area contributed by atoms with E-state index in [2.05, 4.69) is 10.2 Å². The number of benzene rings is 1. The van der Waals surface area contributed by atoms with Gasteiger partial charge in [0.05, 0.1) is 0 Å². The predicted molar refractivity (Wildman–Crippen MR) is 78.0 cm³/mol. The Bertz CT molecular complexity index is 391. The summed E-state index contributed by atoms with van der Waals surface area (Å²) in [4.78, 5) is 2.38. The van der Waals surface area contributed by atoms with Gasteiger partial charge in [0, 0.05) is 23.2 Å². The highest BCUT2D eigenvalue weighted by Crippen LogP contribution is 2.26. The van der Waals surface area contributed by atoms with Gasteiger partial charge in [-0.2, -0.15) is 0 Å². The molecule has 1 aliphatic rings. The van der Waals surface area contributed by atoms with E-state index in [0.29, 0.717) is 23.2 Å². The Balaban J connectivity index is 2.06. The molecule has 0 bridgehead atoms. The smallest absolute Gasteiger partial charge is 0.129 e. The summed E-state index contributed by atoms with van der Waals surface area (Å²) in [6.45, 7) is 2.67. The van der Waals surface area contributed by atoms with Crippen molar-refractivity contribution in [2.45, 2.75) is 38.3 Å². The Morgan fingerprint density at radius 3 is 3.00 bits per heavy atom. The standard InChI is InChI=1S/C15H22ClFN2/c1-18-9-8-12-5-2-3-10-19(12)11-13-14(16)6-4-7-15(13)17/h4,6-7,12,18H,2-3,5,8-11H2,1H3. The highest BCUT2D eigenvalue weighted by atomic mass is 35.5. The molecule has 0 aromatic heterocycles. The Hall–Kier alpha value is -0.640. The molecule has 1 N–H and O–H groups in total. The number of piperidine rings is 1. The van der Waals surface area contributed by atoms with Crippen LogP contribution in [0.1, 0.15) is 31.2 Å². The highest BCUT2D eigenvalue weighted by Gasteiger charge is 2.23. The minimum atomic E-state index is -0.189. The quantitative estimate of drug-likeness (QED) is 0.891. The van der Waals surface area contributed by atoms with Crippen LogP contribution in [0, 0.1) is 5.82 Å². The first kappa shape index (κ1) is 14.8. The zero-order chi connectivity index (χ0) is 13.7. The van der Waals surface area contributed by atoms with Gasteiger partial charge in [0.1, 0.15) is 5.82 Å². The molecule has 1 aliphatic heterocycles. The van der Waals surface area contributed by atoms with E-state index in [1.807, 2.05) is 7.05 Å². The van der Waals surface area contributed by atoms with Crippen LogP contribution < -0.4 is 5.32 Å². The molecule has 0 spiro atoms. The highest BCUT2D eigenvalue weighted by molar-refractivity contribution is 6.31. The molecule has 1 aromatic rings. The fourth-order valence-electron chi connectivity index (χ4n) is 2.79. The van der Waals surface area contributed by atoms with Crippen molar-refractivity contribution in [2.75, 3.05) is 20.1 Å². The van der Waals surface area contributed by atoms with Gasteiger partial charge < -0.3 is 5.32 Å². The number of hydrogen-bond donors (Lipinski definition) is 1. The summed E-state index contributed by atoms with van der Waals surface area (Å²) in [5, 5.41) is 3.74. The molecule has 0 radical (unpaired) electrons. The molecule has 2 nitrogen and oxygen atoms in total. The summed E-state index contributed by atoms with van der Waals surface area (Å²) in [7, 11) is 1.97. The van der Waals surface area contributed by atoms with E-state index >= 15 is 0 Å². The lowest BCUT2D eigenvalue weighted by Crippen LogP contribution is -2.40. The first-order valence-electron chi connectivity index (χ1n) is 7.04. The van der Waals surface area contributed by atoms with Gasteiger partial charge in [-0.05, 0) is 51.5 Å².